The van der Waals surface area contributed by atoms with Crippen molar-refractivity contribution in [1.82, 2.24) is 4.98 Å². The summed E-state index contributed by atoms with van der Waals surface area (Å²) < 4.78 is 0.900. The summed E-state index contributed by atoms with van der Waals surface area (Å²) in [5, 5.41) is 0.658. The molecule has 3 heteroatoms. The van der Waals surface area contributed by atoms with Crippen LogP contribution in [0.25, 0.3) is 11.3 Å². The highest BCUT2D eigenvalue weighted by Gasteiger charge is 2.03. The Bertz CT molecular complexity index is 457. The molecule has 0 unspecified atom stereocenters. The van der Waals surface area contributed by atoms with Gasteiger partial charge in [0.15, 0.2) is 0 Å². The minimum Gasteiger partial charge on any atom is -0.255 e. The maximum atomic E-state index is 6.02. The van der Waals surface area contributed by atoms with Crippen molar-refractivity contribution >= 4 is 27.5 Å². The SMILES string of the molecule is Clc1cccnc1-c1cc[c]c(Br)c1. The van der Waals surface area contributed by atoms with E-state index in [-0.39, 0.29) is 0 Å². The zero-order chi connectivity index (χ0) is 9.97. The summed E-state index contributed by atoms with van der Waals surface area (Å²) in [6.07, 6.45) is 1.73. The van der Waals surface area contributed by atoms with Crippen molar-refractivity contribution in [3.8, 4) is 11.3 Å². The fourth-order valence-electron chi connectivity index (χ4n) is 1.18. The molecule has 0 aliphatic carbocycles. The zero-order valence-electron chi connectivity index (χ0n) is 7.17. The second kappa shape index (κ2) is 4.11. The average Bonchev–Trinajstić information content (AvgIpc) is 2.18. The molecule has 2 rings (SSSR count). The lowest BCUT2D eigenvalue weighted by molar-refractivity contribution is 1.32. The van der Waals surface area contributed by atoms with Crippen LogP contribution in [0.3, 0.4) is 0 Å². The molecule has 2 aromatic rings. The highest BCUT2D eigenvalue weighted by molar-refractivity contribution is 9.10. The van der Waals surface area contributed by atoms with Gasteiger partial charge in [-0.15, -0.1) is 0 Å². The van der Waals surface area contributed by atoms with Gasteiger partial charge in [0, 0.05) is 16.2 Å². The van der Waals surface area contributed by atoms with E-state index >= 15 is 0 Å². The molecule has 0 amide bonds. The zero-order valence-corrected chi connectivity index (χ0v) is 9.51. The first kappa shape index (κ1) is 9.69. The molecular formula is C11H6BrClN. The fourth-order valence-corrected chi connectivity index (χ4v) is 1.79. The van der Waals surface area contributed by atoms with Gasteiger partial charge in [0.2, 0.25) is 0 Å². The summed E-state index contributed by atoms with van der Waals surface area (Å²) in [7, 11) is 0. The van der Waals surface area contributed by atoms with E-state index in [4.69, 9.17) is 11.6 Å². The smallest absolute Gasteiger partial charge is 0.0888 e. The standard InChI is InChI=1S/C11H6BrClN/c12-9-4-1-3-8(7-9)11-10(13)5-2-6-14-11/h1-3,5-7H. The van der Waals surface area contributed by atoms with Gasteiger partial charge < -0.3 is 0 Å². The van der Waals surface area contributed by atoms with Crippen LogP contribution in [0, 0.1) is 6.07 Å². The Balaban J connectivity index is 2.55. The van der Waals surface area contributed by atoms with Crippen LogP contribution < -0.4 is 0 Å². The van der Waals surface area contributed by atoms with Crippen molar-refractivity contribution in [1.29, 1.82) is 0 Å². The first-order valence-corrected chi connectivity index (χ1v) is 5.22. The van der Waals surface area contributed by atoms with Gasteiger partial charge in [-0.1, -0.05) is 39.7 Å². The maximum absolute atomic E-state index is 6.02. The summed E-state index contributed by atoms with van der Waals surface area (Å²) in [6.45, 7) is 0. The van der Waals surface area contributed by atoms with E-state index in [0.717, 1.165) is 15.7 Å². The van der Waals surface area contributed by atoms with E-state index in [1.165, 1.54) is 0 Å². The van der Waals surface area contributed by atoms with E-state index in [9.17, 15) is 0 Å². The van der Waals surface area contributed by atoms with Crippen LogP contribution in [0.2, 0.25) is 5.02 Å². The molecule has 0 aliphatic heterocycles. The Hall–Kier alpha value is -0.860. The van der Waals surface area contributed by atoms with Crippen LogP contribution >= 0.6 is 27.5 Å². The van der Waals surface area contributed by atoms with Crippen molar-refractivity contribution in [2.75, 3.05) is 0 Å². The molecule has 69 valence electrons. The van der Waals surface area contributed by atoms with E-state index in [1.807, 2.05) is 30.3 Å². The predicted octanol–water partition coefficient (Wildman–Crippen LogP) is 3.96. The molecule has 0 fully saturated rings. The third-order valence-electron chi connectivity index (χ3n) is 1.80. The van der Waals surface area contributed by atoms with Crippen LogP contribution in [0.15, 0.2) is 41.0 Å². The topological polar surface area (TPSA) is 12.9 Å². The molecule has 0 atom stereocenters. The van der Waals surface area contributed by atoms with E-state index in [1.54, 1.807) is 6.20 Å². The quantitative estimate of drug-likeness (QED) is 0.762. The molecule has 0 N–H and O–H groups in total. The Morgan fingerprint density at radius 2 is 2.21 bits per heavy atom. The summed E-state index contributed by atoms with van der Waals surface area (Å²) in [5.74, 6) is 0. The second-order valence-electron chi connectivity index (χ2n) is 2.76. The van der Waals surface area contributed by atoms with Gasteiger partial charge in [0.25, 0.3) is 0 Å². The lowest BCUT2D eigenvalue weighted by Crippen LogP contribution is -1.83. The van der Waals surface area contributed by atoms with Gasteiger partial charge in [-0.3, -0.25) is 4.98 Å². The molecule has 0 saturated carbocycles. The molecule has 0 aliphatic rings. The van der Waals surface area contributed by atoms with Gasteiger partial charge in [-0.25, -0.2) is 0 Å². The van der Waals surface area contributed by atoms with Crippen LogP contribution in [0.5, 0.6) is 0 Å². The molecular weight excluding hydrogens is 261 g/mol. The lowest BCUT2D eigenvalue weighted by Gasteiger charge is -2.02. The Labute approximate surface area is 95.9 Å². The highest BCUT2D eigenvalue weighted by Crippen LogP contribution is 2.26. The number of benzene rings is 1. The van der Waals surface area contributed by atoms with E-state index in [0.29, 0.717) is 5.02 Å². The van der Waals surface area contributed by atoms with Crippen LogP contribution in [0.1, 0.15) is 0 Å². The normalized spacial score (nSPS) is 10.1. The van der Waals surface area contributed by atoms with Gasteiger partial charge >= 0.3 is 0 Å². The summed E-state index contributed by atoms with van der Waals surface area (Å²) in [5.41, 5.74) is 1.78. The molecule has 0 bridgehead atoms. The number of nitrogens with zero attached hydrogens (tertiary/aromatic N) is 1. The molecule has 1 radical (unpaired) electrons. The summed E-state index contributed by atoms with van der Waals surface area (Å²) >= 11 is 9.38. The Morgan fingerprint density at radius 1 is 1.36 bits per heavy atom. The number of hydrogen-bond acceptors (Lipinski definition) is 1. The van der Waals surface area contributed by atoms with Crippen LogP contribution in [-0.4, -0.2) is 4.98 Å². The van der Waals surface area contributed by atoms with Crippen molar-refractivity contribution in [3.63, 3.8) is 0 Å². The van der Waals surface area contributed by atoms with Crippen molar-refractivity contribution in [2.45, 2.75) is 0 Å². The molecule has 0 spiro atoms. The maximum Gasteiger partial charge on any atom is 0.0888 e. The number of aromatic nitrogens is 1. The molecule has 14 heavy (non-hydrogen) atoms. The second-order valence-corrected chi connectivity index (χ2v) is 4.02. The molecule has 1 aromatic heterocycles. The number of halogens is 2. The van der Waals surface area contributed by atoms with Crippen LogP contribution in [-0.2, 0) is 0 Å². The molecule has 0 saturated heterocycles. The lowest BCUT2D eigenvalue weighted by atomic mass is 10.1. The van der Waals surface area contributed by atoms with Gasteiger partial charge in [0.1, 0.15) is 0 Å². The molecule has 1 heterocycles. The minimum absolute atomic E-state index is 0.658. The third-order valence-corrected chi connectivity index (χ3v) is 2.56. The van der Waals surface area contributed by atoms with Gasteiger partial charge in [-0.2, -0.15) is 0 Å². The Kier molecular flexibility index (Phi) is 2.85. The largest absolute Gasteiger partial charge is 0.255 e. The fraction of sp³-hybridized carbons (Fsp3) is 0. The summed E-state index contributed by atoms with van der Waals surface area (Å²) in [4.78, 5) is 4.22. The van der Waals surface area contributed by atoms with E-state index in [2.05, 4.69) is 27.0 Å². The van der Waals surface area contributed by atoms with Gasteiger partial charge in [-0.05, 0) is 24.3 Å². The van der Waals surface area contributed by atoms with Crippen molar-refractivity contribution in [3.05, 3.63) is 52.1 Å². The van der Waals surface area contributed by atoms with E-state index < -0.39 is 0 Å². The number of hydrogen-bond donors (Lipinski definition) is 0. The predicted molar refractivity (Wildman–Crippen MR) is 61.2 cm³/mol. The van der Waals surface area contributed by atoms with Crippen molar-refractivity contribution in [2.24, 2.45) is 0 Å². The Morgan fingerprint density at radius 3 is 2.93 bits per heavy atom. The number of rotatable bonds is 1. The first-order chi connectivity index (χ1) is 6.77. The minimum atomic E-state index is 0.658. The summed E-state index contributed by atoms with van der Waals surface area (Å²) in [6, 6.07) is 12.4. The monoisotopic (exact) mass is 266 g/mol. The first-order valence-electron chi connectivity index (χ1n) is 4.05. The van der Waals surface area contributed by atoms with Crippen molar-refractivity contribution < 1.29 is 0 Å². The van der Waals surface area contributed by atoms with Crippen LogP contribution in [0.4, 0.5) is 0 Å². The molecule has 1 nitrogen and oxygen atoms in total. The van der Waals surface area contributed by atoms with Gasteiger partial charge in [0.05, 0.1) is 10.7 Å². The average molecular weight is 268 g/mol. The number of pyridine rings is 1. The third kappa shape index (κ3) is 1.97. The molecule has 1 aromatic carbocycles. The highest BCUT2D eigenvalue weighted by atomic mass is 79.9.